The van der Waals surface area contributed by atoms with Crippen LogP contribution in [0.3, 0.4) is 0 Å². The molecule has 5 aliphatic rings. The molecule has 0 bridgehead atoms. The highest BCUT2D eigenvalue weighted by Gasteiger charge is 2.36. The highest BCUT2D eigenvalue weighted by atomic mass is 19.1. The Morgan fingerprint density at radius 1 is 0.921 bits per heavy atom. The van der Waals surface area contributed by atoms with Gasteiger partial charge in [0, 0.05) is 93.6 Å². The molecule has 15 heteroatoms. The largest absolute Gasteiger partial charge is 0.490 e. The molecule has 6 heterocycles. The number of imide groups is 1. The van der Waals surface area contributed by atoms with Gasteiger partial charge in [0.05, 0.1) is 24.6 Å². The zero-order chi connectivity index (χ0) is 44.0. The second-order valence-corrected chi connectivity index (χ2v) is 18.2. The third-order valence-electron chi connectivity index (χ3n) is 12.9. The van der Waals surface area contributed by atoms with Crippen molar-refractivity contribution in [3.63, 3.8) is 0 Å². The number of nitrogens with zero attached hydrogens (tertiary/aromatic N) is 6. The molecule has 9 rings (SSSR count). The molecular formula is C48H55FN8O6. The molecule has 0 aliphatic carbocycles. The predicted octanol–water partition coefficient (Wildman–Crippen LogP) is 6.07. The number of rotatable bonds is 8. The van der Waals surface area contributed by atoms with E-state index < -0.39 is 17.5 Å². The van der Waals surface area contributed by atoms with Crippen molar-refractivity contribution >= 4 is 52.4 Å². The molecule has 0 saturated carbocycles. The average molecular weight is 859 g/mol. The number of pyridine rings is 1. The summed E-state index contributed by atoms with van der Waals surface area (Å²) in [6, 6.07) is 19.3. The molecule has 4 aromatic rings. The molecule has 3 saturated heterocycles. The third-order valence-corrected chi connectivity index (χ3v) is 12.9. The summed E-state index contributed by atoms with van der Waals surface area (Å²) >= 11 is 0. The Hall–Kier alpha value is -6.22. The number of amides is 4. The number of hydrogen-bond acceptors (Lipinski definition) is 11. The standard InChI is InChI=1S/C48H55FN8O6/c1-30-40(12-13-41-45(30)57(21-22-62-41)47(61)63-48(2,3)4)55-16-15-33-26-50-42(23-34(33)27-55)51-35-8-5-32(39(49)25-35)24-44(59)54-19-17-53(18-20-54)37-28-56(29-37)36-9-6-31(7-10-36)38-11-14-43(58)52-46(38)60/h5-10,12-13,23,25-26,37-38H,11,14-22,24,27-29H2,1-4H3,(H,50,51)(H,52,58,60). The highest BCUT2D eigenvalue weighted by molar-refractivity contribution is 6.01. The summed E-state index contributed by atoms with van der Waals surface area (Å²) in [7, 11) is 0. The average Bonchev–Trinajstić information content (AvgIpc) is 3.24. The van der Waals surface area contributed by atoms with Crippen LogP contribution in [-0.4, -0.2) is 109 Å². The summed E-state index contributed by atoms with van der Waals surface area (Å²) < 4.78 is 27.2. The molecule has 3 aromatic carbocycles. The molecule has 5 aliphatic heterocycles. The number of ether oxygens (including phenoxy) is 2. The summed E-state index contributed by atoms with van der Waals surface area (Å²) in [6.07, 6.45) is 3.17. The maximum atomic E-state index is 15.5. The van der Waals surface area contributed by atoms with Crippen molar-refractivity contribution in [1.29, 1.82) is 0 Å². The predicted molar refractivity (Wildman–Crippen MR) is 238 cm³/mol. The van der Waals surface area contributed by atoms with Crippen molar-refractivity contribution < 1.29 is 33.0 Å². The van der Waals surface area contributed by atoms with Crippen molar-refractivity contribution in [3.05, 3.63) is 100 Å². The van der Waals surface area contributed by atoms with Gasteiger partial charge < -0.3 is 29.5 Å². The van der Waals surface area contributed by atoms with Crippen LogP contribution in [0.2, 0.25) is 0 Å². The topological polar surface area (TPSA) is 140 Å². The van der Waals surface area contributed by atoms with Crippen LogP contribution in [0.5, 0.6) is 5.75 Å². The van der Waals surface area contributed by atoms with E-state index in [1.807, 2.05) is 81.3 Å². The summed E-state index contributed by atoms with van der Waals surface area (Å²) in [5.41, 5.74) is 7.26. The van der Waals surface area contributed by atoms with Crippen molar-refractivity contribution in [3.8, 4) is 5.75 Å². The van der Waals surface area contributed by atoms with E-state index in [9.17, 15) is 19.2 Å². The first-order chi connectivity index (χ1) is 30.3. The quantitative estimate of drug-likeness (QED) is 0.200. The van der Waals surface area contributed by atoms with Gasteiger partial charge in [0.15, 0.2) is 0 Å². The minimum Gasteiger partial charge on any atom is -0.490 e. The van der Waals surface area contributed by atoms with Gasteiger partial charge in [0.25, 0.3) is 0 Å². The van der Waals surface area contributed by atoms with E-state index in [4.69, 9.17) is 9.47 Å². The number of hydrogen-bond donors (Lipinski definition) is 2. The molecule has 1 unspecified atom stereocenters. The van der Waals surface area contributed by atoms with E-state index in [1.165, 1.54) is 6.07 Å². The molecular weight excluding hydrogens is 804 g/mol. The number of piperidine rings is 1. The summed E-state index contributed by atoms with van der Waals surface area (Å²) in [5.74, 6) is 0.0137. The van der Waals surface area contributed by atoms with E-state index in [-0.39, 0.29) is 30.1 Å². The Morgan fingerprint density at radius 2 is 1.70 bits per heavy atom. The van der Waals surface area contributed by atoms with Gasteiger partial charge in [0.1, 0.15) is 29.6 Å². The Balaban J connectivity index is 0.761. The zero-order valence-corrected chi connectivity index (χ0v) is 36.4. The van der Waals surface area contributed by atoms with Gasteiger partial charge in [-0.2, -0.15) is 0 Å². The Labute approximate surface area is 367 Å². The first-order valence-electron chi connectivity index (χ1n) is 22.0. The van der Waals surface area contributed by atoms with Crippen molar-refractivity contribution in [2.75, 3.05) is 79.0 Å². The van der Waals surface area contributed by atoms with Gasteiger partial charge in [-0.1, -0.05) is 18.2 Å². The van der Waals surface area contributed by atoms with Gasteiger partial charge in [-0.3, -0.25) is 29.5 Å². The minimum absolute atomic E-state index is 0.00512. The van der Waals surface area contributed by atoms with Gasteiger partial charge >= 0.3 is 6.09 Å². The van der Waals surface area contributed by atoms with Gasteiger partial charge in [-0.25, -0.2) is 14.2 Å². The molecule has 1 aromatic heterocycles. The van der Waals surface area contributed by atoms with Gasteiger partial charge in [0.2, 0.25) is 17.7 Å². The van der Waals surface area contributed by atoms with Crippen LogP contribution in [0.25, 0.3) is 0 Å². The van der Waals surface area contributed by atoms with Crippen molar-refractivity contribution in [1.82, 2.24) is 20.1 Å². The van der Waals surface area contributed by atoms with E-state index in [2.05, 4.69) is 30.3 Å². The van der Waals surface area contributed by atoms with Crippen molar-refractivity contribution in [2.24, 2.45) is 0 Å². The Morgan fingerprint density at radius 3 is 2.43 bits per heavy atom. The van der Waals surface area contributed by atoms with Crippen LogP contribution in [0.4, 0.5) is 37.8 Å². The second-order valence-electron chi connectivity index (χ2n) is 18.2. The van der Waals surface area contributed by atoms with E-state index >= 15 is 4.39 Å². The Bertz CT molecular complexity index is 2420. The lowest BCUT2D eigenvalue weighted by Crippen LogP contribution is -2.63. The van der Waals surface area contributed by atoms with E-state index in [0.29, 0.717) is 74.5 Å². The summed E-state index contributed by atoms with van der Waals surface area (Å²) in [6.45, 7) is 14.3. The fourth-order valence-corrected chi connectivity index (χ4v) is 9.38. The van der Waals surface area contributed by atoms with Crippen LogP contribution in [0, 0.1) is 12.7 Å². The molecule has 0 radical (unpaired) electrons. The molecule has 3 fully saturated rings. The highest BCUT2D eigenvalue weighted by Crippen LogP contribution is 2.42. The van der Waals surface area contributed by atoms with Crippen LogP contribution in [0.1, 0.15) is 67.3 Å². The summed E-state index contributed by atoms with van der Waals surface area (Å²) in [4.78, 5) is 65.6. The minimum atomic E-state index is -0.620. The number of fused-ring (bicyclic) bond motifs is 2. The fraction of sp³-hybridized carbons (Fsp3) is 0.438. The van der Waals surface area contributed by atoms with E-state index in [0.717, 1.165) is 78.5 Å². The molecule has 63 heavy (non-hydrogen) atoms. The van der Waals surface area contributed by atoms with Gasteiger partial charge in [-0.15, -0.1) is 0 Å². The first-order valence-corrected chi connectivity index (χ1v) is 22.0. The number of carbonyl (C=O) groups is 4. The second kappa shape index (κ2) is 17.2. The molecule has 2 N–H and O–H groups in total. The number of carbonyl (C=O) groups excluding carboxylic acids is 4. The lowest BCUT2D eigenvalue weighted by Gasteiger charge is -2.49. The fourth-order valence-electron chi connectivity index (χ4n) is 9.38. The van der Waals surface area contributed by atoms with Gasteiger partial charge in [-0.05, 0) is 105 Å². The Kier molecular flexibility index (Phi) is 11.5. The lowest BCUT2D eigenvalue weighted by molar-refractivity contribution is -0.134. The van der Waals surface area contributed by atoms with Crippen LogP contribution in [-0.2, 0) is 38.5 Å². The van der Waals surface area contributed by atoms with Crippen LogP contribution < -0.4 is 30.1 Å². The number of halogens is 1. The maximum Gasteiger partial charge on any atom is 0.415 e. The lowest BCUT2D eigenvalue weighted by atomic mass is 9.90. The van der Waals surface area contributed by atoms with Crippen LogP contribution in [0.15, 0.2) is 66.9 Å². The normalized spacial score (nSPS) is 19.4. The number of nitrogens with one attached hydrogen (secondary N) is 2. The first kappa shape index (κ1) is 42.1. The SMILES string of the molecule is Cc1c(N2CCc3cnc(Nc4ccc(CC(=O)N5CCN(C6CN(c7ccc(C8CCC(=O)NC8=O)cc7)C6)CC5)c(F)c4)cc3C2)ccc2c1N(C(=O)OC(C)(C)C)CCO2. The molecule has 4 amide bonds. The maximum absolute atomic E-state index is 15.5. The zero-order valence-electron chi connectivity index (χ0n) is 36.4. The van der Waals surface area contributed by atoms with Crippen molar-refractivity contribution in [2.45, 2.75) is 77.5 Å². The molecule has 1 atom stereocenters. The summed E-state index contributed by atoms with van der Waals surface area (Å²) in [5, 5.41) is 5.70. The molecule has 330 valence electrons. The van der Waals surface area contributed by atoms with Crippen LogP contribution >= 0.6 is 0 Å². The monoisotopic (exact) mass is 858 g/mol. The molecule has 0 spiro atoms. The third kappa shape index (κ3) is 9.01. The number of anilines is 5. The number of piperazine rings is 1. The number of benzene rings is 3. The molecule has 14 nitrogen and oxygen atoms in total. The number of aromatic nitrogens is 1. The van der Waals surface area contributed by atoms with E-state index in [1.54, 1.807) is 17.0 Å². The smallest absolute Gasteiger partial charge is 0.415 e.